The molecular weight excluding hydrogens is 242 g/mol. The molecule has 4 heteroatoms. The van der Waals surface area contributed by atoms with Gasteiger partial charge >= 0.3 is 0 Å². The number of aliphatic hydroxyl groups is 1. The summed E-state index contributed by atoms with van der Waals surface area (Å²) >= 11 is 0. The van der Waals surface area contributed by atoms with Gasteiger partial charge in [0, 0.05) is 19.6 Å². The van der Waals surface area contributed by atoms with Gasteiger partial charge in [0.05, 0.1) is 13.2 Å². The Kier molecular flexibility index (Phi) is 5.19. The number of aryl methyl sites for hydroxylation is 2. The van der Waals surface area contributed by atoms with Gasteiger partial charge in [-0.3, -0.25) is 4.90 Å². The van der Waals surface area contributed by atoms with E-state index in [2.05, 4.69) is 11.0 Å². The van der Waals surface area contributed by atoms with Crippen molar-refractivity contribution in [3.05, 3.63) is 29.3 Å². The molecule has 0 radical (unpaired) electrons. The molecule has 1 atom stereocenters. The van der Waals surface area contributed by atoms with E-state index < -0.39 is 6.10 Å². The van der Waals surface area contributed by atoms with Crippen LogP contribution in [0.4, 0.5) is 0 Å². The van der Waals surface area contributed by atoms with Gasteiger partial charge < -0.3 is 14.6 Å². The van der Waals surface area contributed by atoms with Crippen molar-refractivity contribution in [3.8, 4) is 5.75 Å². The largest absolute Gasteiger partial charge is 0.491 e. The second-order valence-corrected chi connectivity index (χ2v) is 5.20. The molecule has 1 aromatic carbocycles. The summed E-state index contributed by atoms with van der Waals surface area (Å²) in [6, 6.07) is 6.10. The second kappa shape index (κ2) is 6.89. The van der Waals surface area contributed by atoms with Crippen LogP contribution in [0.25, 0.3) is 0 Å². The second-order valence-electron chi connectivity index (χ2n) is 5.20. The number of nitrogens with zero attached hydrogens (tertiary/aromatic N) is 1. The highest BCUT2D eigenvalue weighted by Gasteiger charge is 2.15. The lowest BCUT2D eigenvalue weighted by Crippen LogP contribution is -2.42. The Bertz CT molecular complexity index is 382. The molecule has 1 aromatic rings. The number of hydrogen-bond donors (Lipinski definition) is 1. The third-order valence-corrected chi connectivity index (χ3v) is 3.21. The summed E-state index contributed by atoms with van der Waals surface area (Å²) in [5, 5.41) is 9.99. The van der Waals surface area contributed by atoms with Crippen LogP contribution >= 0.6 is 0 Å². The van der Waals surface area contributed by atoms with Crippen molar-refractivity contribution in [2.24, 2.45) is 0 Å². The Balaban J connectivity index is 1.77. The molecule has 0 unspecified atom stereocenters. The Morgan fingerprint density at radius 1 is 1.21 bits per heavy atom. The Hall–Kier alpha value is -1.10. The van der Waals surface area contributed by atoms with E-state index in [0.717, 1.165) is 32.1 Å². The molecule has 4 nitrogen and oxygen atoms in total. The third kappa shape index (κ3) is 4.82. The van der Waals surface area contributed by atoms with Gasteiger partial charge in [0.2, 0.25) is 0 Å². The first-order chi connectivity index (χ1) is 9.13. The van der Waals surface area contributed by atoms with E-state index in [1.54, 1.807) is 0 Å². The van der Waals surface area contributed by atoms with Gasteiger partial charge in [-0.1, -0.05) is 6.07 Å². The molecule has 0 spiro atoms. The summed E-state index contributed by atoms with van der Waals surface area (Å²) in [6.07, 6.45) is -0.459. The third-order valence-electron chi connectivity index (χ3n) is 3.21. The number of morpholine rings is 1. The smallest absolute Gasteiger partial charge is 0.119 e. The minimum absolute atomic E-state index is 0.334. The van der Waals surface area contributed by atoms with Crippen molar-refractivity contribution in [2.45, 2.75) is 20.0 Å². The highest BCUT2D eigenvalue weighted by Crippen LogP contribution is 2.16. The van der Waals surface area contributed by atoms with Gasteiger partial charge in [-0.25, -0.2) is 0 Å². The maximum atomic E-state index is 9.99. The minimum Gasteiger partial charge on any atom is -0.491 e. The summed E-state index contributed by atoms with van der Waals surface area (Å²) in [7, 11) is 0. The van der Waals surface area contributed by atoms with Crippen molar-refractivity contribution in [2.75, 3.05) is 39.5 Å². The molecule has 1 aliphatic heterocycles. The predicted octanol–water partition coefficient (Wildman–Crippen LogP) is 1.38. The van der Waals surface area contributed by atoms with Crippen LogP contribution in [0.15, 0.2) is 18.2 Å². The molecule has 0 saturated carbocycles. The fourth-order valence-electron chi connectivity index (χ4n) is 2.34. The van der Waals surface area contributed by atoms with E-state index in [4.69, 9.17) is 9.47 Å². The maximum absolute atomic E-state index is 9.99. The number of aliphatic hydroxyl groups excluding tert-OH is 1. The average molecular weight is 265 g/mol. The lowest BCUT2D eigenvalue weighted by molar-refractivity contribution is 0.00464. The molecule has 106 valence electrons. The highest BCUT2D eigenvalue weighted by atomic mass is 16.5. The maximum Gasteiger partial charge on any atom is 0.119 e. The number of benzene rings is 1. The highest BCUT2D eigenvalue weighted by molar-refractivity contribution is 5.32. The standard InChI is InChI=1S/C15H23NO3/c1-12-7-13(2)9-15(8-12)19-11-14(17)10-16-3-5-18-6-4-16/h7-9,14,17H,3-6,10-11H2,1-2H3/t14-/m1/s1. The van der Waals surface area contributed by atoms with Gasteiger partial charge in [-0.15, -0.1) is 0 Å². The SMILES string of the molecule is Cc1cc(C)cc(OC[C@H](O)CN2CCOCC2)c1. The van der Waals surface area contributed by atoms with Crippen LogP contribution in [0.3, 0.4) is 0 Å². The normalized spacial score (nSPS) is 18.3. The van der Waals surface area contributed by atoms with Crippen molar-refractivity contribution in [3.63, 3.8) is 0 Å². The molecule has 19 heavy (non-hydrogen) atoms. The van der Waals surface area contributed by atoms with Gasteiger partial charge in [-0.05, 0) is 37.1 Å². The zero-order chi connectivity index (χ0) is 13.7. The van der Waals surface area contributed by atoms with Gasteiger partial charge in [0.25, 0.3) is 0 Å². The van der Waals surface area contributed by atoms with Gasteiger partial charge in [0.1, 0.15) is 18.5 Å². The number of hydrogen-bond acceptors (Lipinski definition) is 4. The molecule has 1 aliphatic rings. The van der Waals surface area contributed by atoms with Crippen LogP contribution in [0.5, 0.6) is 5.75 Å². The number of rotatable bonds is 5. The predicted molar refractivity (Wildman–Crippen MR) is 74.7 cm³/mol. The van der Waals surface area contributed by atoms with Crippen LogP contribution in [-0.4, -0.2) is 55.6 Å². The monoisotopic (exact) mass is 265 g/mol. The molecule has 0 amide bonds. The molecule has 1 heterocycles. The molecule has 1 N–H and O–H groups in total. The van der Waals surface area contributed by atoms with Crippen LogP contribution in [0.2, 0.25) is 0 Å². The lowest BCUT2D eigenvalue weighted by Gasteiger charge is -2.28. The van der Waals surface area contributed by atoms with Crippen molar-refractivity contribution >= 4 is 0 Å². The van der Waals surface area contributed by atoms with E-state index >= 15 is 0 Å². The van der Waals surface area contributed by atoms with Gasteiger partial charge in [0.15, 0.2) is 0 Å². The molecule has 0 aliphatic carbocycles. The fraction of sp³-hybridized carbons (Fsp3) is 0.600. The van der Waals surface area contributed by atoms with E-state index in [1.165, 1.54) is 11.1 Å². The summed E-state index contributed by atoms with van der Waals surface area (Å²) in [5.74, 6) is 0.832. The van der Waals surface area contributed by atoms with Gasteiger partial charge in [-0.2, -0.15) is 0 Å². The zero-order valence-electron chi connectivity index (χ0n) is 11.8. The topological polar surface area (TPSA) is 41.9 Å². The van der Waals surface area contributed by atoms with Crippen molar-refractivity contribution in [1.29, 1.82) is 0 Å². The molecule has 0 bridgehead atoms. The summed E-state index contributed by atoms with van der Waals surface area (Å²) in [6.45, 7) is 8.36. The van der Waals surface area contributed by atoms with Crippen LogP contribution in [-0.2, 0) is 4.74 Å². The van der Waals surface area contributed by atoms with E-state index in [0.29, 0.717) is 13.2 Å². The Labute approximate surface area is 114 Å². The molecule has 0 aromatic heterocycles. The first-order valence-corrected chi connectivity index (χ1v) is 6.83. The summed E-state index contributed by atoms with van der Waals surface area (Å²) in [4.78, 5) is 2.21. The van der Waals surface area contributed by atoms with E-state index in [-0.39, 0.29) is 0 Å². The van der Waals surface area contributed by atoms with Crippen LogP contribution in [0, 0.1) is 13.8 Å². The fourth-order valence-corrected chi connectivity index (χ4v) is 2.34. The Morgan fingerprint density at radius 2 is 1.84 bits per heavy atom. The quantitative estimate of drug-likeness (QED) is 0.873. The Morgan fingerprint density at radius 3 is 2.47 bits per heavy atom. The van der Waals surface area contributed by atoms with E-state index in [9.17, 15) is 5.11 Å². The molecule has 1 fully saturated rings. The first-order valence-electron chi connectivity index (χ1n) is 6.83. The number of ether oxygens (including phenoxy) is 2. The van der Waals surface area contributed by atoms with Crippen molar-refractivity contribution < 1.29 is 14.6 Å². The molecule has 2 rings (SSSR count). The van der Waals surface area contributed by atoms with Crippen LogP contribution < -0.4 is 4.74 Å². The average Bonchev–Trinajstić information content (AvgIpc) is 2.36. The summed E-state index contributed by atoms with van der Waals surface area (Å²) in [5.41, 5.74) is 2.36. The number of β-amino-alcohol motifs (C(OH)–C–C–N with tert-alkyl or cyclic N) is 1. The zero-order valence-corrected chi connectivity index (χ0v) is 11.8. The van der Waals surface area contributed by atoms with Crippen LogP contribution in [0.1, 0.15) is 11.1 Å². The lowest BCUT2D eigenvalue weighted by atomic mass is 10.1. The minimum atomic E-state index is -0.459. The first kappa shape index (κ1) is 14.3. The van der Waals surface area contributed by atoms with Crippen molar-refractivity contribution in [1.82, 2.24) is 4.90 Å². The summed E-state index contributed by atoms with van der Waals surface area (Å²) < 4.78 is 10.9. The van der Waals surface area contributed by atoms with E-state index in [1.807, 2.05) is 26.0 Å². The molecule has 1 saturated heterocycles. The molecular formula is C15H23NO3.